The molecule has 0 unspecified atom stereocenters. The molecule has 1 aliphatic rings. The molecule has 1 aromatic rings. The Morgan fingerprint density at radius 3 is 2.67 bits per heavy atom. The second-order valence-corrected chi connectivity index (χ2v) is 6.40. The fourth-order valence-electron chi connectivity index (χ4n) is 2.06. The van der Waals surface area contributed by atoms with Gasteiger partial charge in [-0.1, -0.05) is 19.1 Å². The van der Waals surface area contributed by atoms with Gasteiger partial charge >= 0.3 is 0 Å². The Hall–Kier alpha value is -1.06. The van der Waals surface area contributed by atoms with E-state index in [0.717, 1.165) is 25.4 Å². The highest BCUT2D eigenvalue weighted by Gasteiger charge is 2.34. The van der Waals surface area contributed by atoms with Gasteiger partial charge in [0.15, 0.2) is 0 Å². The second kappa shape index (κ2) is 4.90. The average molecular weight is 249 g/mol. The van der Waals surface area contributed by atoms with Crippen LogP contribution in [-0.4, -0.2) is 25.4 Å². The Labute approximate surface area is 109 Å². The highest BCUT2D eigenvalue weighted by Crippen LogP contribution is 2.28. The maximum Gasteiger partial charge on any atom is 0.119 e. The first-order chi connectivity index (χ1) is 8.36. The van der Waals surface area contributed by atoms with E-state index >= 15 is 0 Å². The lowest BCUT2D eigenvalue weighted by molar-refractivity contribution is -0.120. The summed E-state index contributed by atoms with van der Waals surface area (Å²) in [5.41, 5.74) is 7.25. The van der Waals surface area contributed by atoms with Crippen molar-refractivity contribution < 1.29 is 9.47 Å². The van der Waals surface area contributed by atoms with Crippen LogP contribution in [-0.2, 0) is 11.2 Å². The molecule has 0 aliphatic carbocycles. The van der Waals surface area contributed by atoms with E-state index in [2.05, 4.69) is 19.1 Å². The van der Waals surface area contributed by atoms with E-state index in [1.807, 2.05) is 26.0 Å². The van der Waals surface area contributed by atoms with Crippen molar-refractivity contribution in [3.8, 4) is 5.75 Å². The first-order valence-corrected chi connectivity index (χ1v) is 6.45. The largest absolute Gasteiger partial charge is 0.493 e. The minimum atomic E-state index is -0.188. The zero-order valence-electron chi connectivity index (χ0n) is 11.5. The van der Waals surface area contributed by atoms with Crippen LogP contribution in [0.4, 0.5) is 0 Å². The first kappa shape index (κ1) is 13.4. The molecule has 2 N–H and O–H groups in total. The van der Waals surface area contributed by atoms with Crippen molar-refractivity contribution in [1.82, 2.24) is 0 Å². The summed E-state index contributed by atoms with van der Waals surface area (Å²) < 4.78 is 11.1. The quantitative estimate of drug-likeness (QED) is 0.871. The van der Waals surface area contributed by atoms with Gasteiger partial charge < -0.3 is 15.2 Å². The van der Waals surface area contributed by atoms with Gasteiger partial charge in [0.2, 0.25) is 0 Å². The molecule has 1 aliphatic heterocycles. The lowest BCUT2D eigenvalue weighted by Crippen LogP contribution is -2.44. The summed E-state index contributed by atoms with van der Waals surface area (Å²) in [7, 11) is 0. The number of rotatable bonds is 5. The van der Waals surface area contributed by atoms with Crippen LogP contribution < -0.4 is 10.5 Å². The number of benzene rings is 1. The highest BCUT2D eigenvalue weighted by molar-refractivity contribution is 5.29. The van der Waals surface area contributed by atoms with Gasteiger partial charge in [0, 0.05) is 11.0 Å². The molecule has 0 spiro atoms. The third-order valence-corrected chi connectivity index (χ3v) is 3.05. The topological polar surface area (TPSA) is 44.5 Å². The predicted molar refractivity (Wildman–Crippen MR) is 72.8 cm³/mol. The molecule has 0 saturated carbocycles. The summed E-state index contributed by atoms with van der Waals surface area (Å²) in [6, 6.07) is 8.19. The van der Waals surface area contributed by atoms with Crippen LogP contribution in [0.3, 0.4) is 0 Å². The number of hydrogen-bond donors (Lipinski definition) is 1. The summed E-state index contributed by atoms with van der Waals surface area (Å²) in [5.74, 6) is 0.921. The summed E-state index contributed by atoms with van der Waals surface area (Å²) >= 11 is 0. The maximum atomic E-state index is 6.03. The molecule has 2 rings (SSSR count). The fraction of sp³-hybridized carbons (Fsp3) is 0.600. The van der Waals surface area contributed by atoms with Crippen LogP contribution in [0.5, 0.6) is 5.75 Å². The number of ether oxygens (including phenoxy) is 2. The molecule has 0 aromatic heterocycles. The SMILES string of the molecule is CC(C)(N)Cc1cccc(OCC2(C)COC2)c1. The molecule has 3 heteroatoms. The van der Waals surface area contributed by atoms with Crippen molar-refractivity contribution in [2.75, 3.05) is 19.8 Å². The van der Waals surface area contributed by atoms with Gasteiger partial charge in [-0.2, -0.15) is 0 Å². The standard InChI is InChI=1S/C15H23NO2/c1-14(2,16)8-12-5-4-6-13(7-12)18-11-15(3)9-17-10-15/h4-7H,8-11,16H2,1-3H3. The van der Waals surface area contributed by atoms with Crippen LogP contribution in [0.1, 0.15) is 26.3 Å². The predicted octanol–water partition coefficient (Wildman–Crippen LogP) is 2.38. The molecule has 1 saturated heterocycles. The third kappa shape index (κ3) is 3.72. The monoisotopic (exact) mass is 249 g/mol. The van der Waals surface area contributed by atoms with Gasteiger partial charge in [0.1, 0.15) is 5.75 Å². The van der Waals surface area contributed by atoms with Crippen LogP contribution in [0.15, 0.2) is 24.3 Å². The smallest absolute Gasteiger partial charge is 0.119 e. The van der Waals surface area contributed by atoms with Crippen molar-refractivity contribution >= 4 is 0 Å². The molecular weight excluding hydrogens is 226 g/mol. The minimum Gasteiger partial charge on any atom is -0.493 e. The molecule has 1 heterocycles. The van der Waals surface area contributed by atoms with E-state index in [-0.39, 0.29) is 11.0 Å². The molecule has 0 atom stereocenters. The lowest BCUT2D eigenvalue weighted by Gasteiger charge is -2.37. The zero-order valence-corrected chi connectivity index (χ0v) is 11.5. The van der Waals surface area contributed by atoms with Crippen molar-refractivity contribution in [2.45, 2.75) is 32.7 Å². The van der Waals surface area contributed by atoms with Crippen LogP contribution >= 0.6 is 0 Å². The number of hydrogen-bond acceptors (Lipinski definition) is 3. The van der Waals surface area contributed by atoms with Gasteiger partial charge in [-0.3, -0.25) is 0 Å². The van der Waals surface area contributed by atoms with Crippen LogP contribution in [0.2, 0.25) is 0 Å². The Kier molecular flexibility index (Phi) is 3.64. The van der Waals surface area contributed by atoms with Crippen LogP contribution in [0, 0.1) is 5.41 Å². The van der Waals surface area contributed by atoms with E-state index in [4.69, 9.17) is 15.2 Å². The zero-order chi connectivity index (χ0) is 13.2. The molecule has 3 nitrogen and oxygen atoms in total. The Morgan fingerprint density at radius 1 is 1.39 bits per heavy atom. The van der Waals surface area contributed by atoms with E-state index in [1.54, 1.807) is 0 Å². The highest BCUT2D eigenvalue weighted by atomic mass is 16.5. The molecule has 0 amide bonds. The van der Waals surface area contributed by atoms with Crippen LogP contribution in [0.25, 0.3) is 0 Å². The maximum absolute atomic E-state index is 6.03. The average Bonchev–Trinajstić information content (AvgIpc) is 2.22. The molecule has 0 bridgehead atoms. The van der Waals surface area contributed by atoms with E-state index < -0.39 is 0 Å². The van der Waals surface area contributed by atoms with Gasteiger partial charge in [-0.15, -0.1) is 0 Å². The van der Waals surface area contributed by atoms with E-state index in [1.165, 1.54) is 5.56 Å². The fourth-order valence-corrected chi connectivity index (χ4v) is 2.06. The summed E-state index contributed by atoms with van der Waals surface area (Å²) in [5, 5.41) is 0. The Balaban J connectivity index is 1.94. The molecule has 0 radical (unpaired) electrons. The first-order valence-electron chi connectivity index (χ1n) is 6.45. The third-order valence-electron chi connectivity index (χ3n) is 3.05. The molecular formula is C15H23NO2. The number of nitrogens with two attached hydrogens (primary N) is 1. The molecule has 1 aromatic carbocycles. The van der Waals surface area contributed by atoms with Crippen molar-refractivity contribution in [3.05, 3.63) is 29.8 Å². The van der Waals surface area contributed by atoms with E-state index in [0.29, 0.717) is 6.61 Å². The summed E-state index contributed by atoms with van der Waals surface area (Å²) in [4.78, 5) is 0. The normalized spacial score (nSPS) is 18.2. The molecule has 1 fully saturated rings. The second-order valence-electron chi connectivity index (χ2n) is 6.40. The van der Waals surface area contributed by atoms with Gasteiger partial charge in [-0.05, 0) is 38.0 Å². The Morgan fingerprint density at radius 2 is 2.11 bits per heavy atom. The van der Waals surface area contributed by atoms with Gasteiger partial charge in [-0.25, -0.2) is 0 Å². The summed E-state index contributed by atoms with van der Waals surface area (Å²) in [6.45, 7) is 8.55. The van der Waals surface area contributed by atoms with Crippen molar-refractivity contribution in [3.63, 3.8) is 0 Å². The van der Waals surface area contributed by atoms with E-state index in [9.17, 15) is 0 Å². The Bertz CT molecular complexity index is 405. The minimum absolute atomic E-state index is 0.184. The van der Waals surface area contributed by atoms with Gasteiger partial charge in [0.05, 0.1) is 19.8 Å². The lowest BCUT2D eigenvalue weighted by atomic mass is 9.90. The molecule has 100 valence electrons. The molecule has 18 heavy (non-hydrogen) atoms. The van der Waals surface area contributed by atoms with Gasteiger partial charge in [0.25, 0.3) is 0 Å². The van der Waals surface area contributed by atoms with Crippen molar-refractivity contribution in [1.29, 1.82) is 0 Å². The summed E-state index contributed by atoms with van der Waals surface area (Å²) in [6.07, 6.45) is 0.852. The van der Waals surface area contributed by atoms with Crippen molar-refractivity contribution in [2.24, 2.45) is 11.1 Å².